The molecule has 1 amide bonds. The van der Waals surface area contributed by atoms with Crippen molar-refractivity contribution in [1.82, 2.24) is 4.90 Å². The number of carbonyl (C=O) groups excluding carboxylic acids is 1. The van der Waals surface area contributed by atoms with E-state index in [1.165, 1.54) is 0 Å². The van der Waals surface area contributed by atoms with Crippen molar-refractivity contribution in [2.75, 3.05) is 19.7 Å². The average molecular weight is 249 g/mol. The van der Waals surface area contributed by atoms with Crippen molar-refractivity contribution in [3.05, 3.63) is 0 Å². The molecular weight excluding hydrogens is 228 g/mol. The third-order valence-electron chi connectivity index (χ3n) is 3.60. The largest absolute Gasteiger partial charge is 0.395 e. The molecule has 1 aliphatic rings. The van der Waals surface area contributed by atoms with Crippen LogP contribution in [0.25, 0.3) is 0 Å². The molecule has 0 aromatic rings. The lowest BCUT2D eigenvalue weighted by molar-refractivity contribution is -0.140. The lowest BCUT2D eigenvalue weighted by Crippen LogP contribution is -2.43. The number of hydrogen-bond acceptors (Lipinski definition) is 2. The van der Waals surface area contributed by atoms with E-state index in [1.807, 2.05) is 13.8 Å². The van der Waals surface area contributed by atoms with Gasteiger partial charge in [0.1, 0.15) is 0 Å². The van der Waals surface area contributed by atoms with Crippen molar-refractivity contribution in [3.8, 4) is 0 Å². The van der Waals surface area contributed by atoms with Gasteiger partial charge in [0.05, 0.1) is 13.2 Å². The quantitative estimate of drug-likeness (QED) is 0.808. The SMILES string of the molecule is CC1(C)CCCC1C(=O)N(CCO)CC(F)F. The molecular formula is C12H21F2NO2. The van der Waals surface area contributed by atoms with E-state index in [4.69, 9.17) is 5.11 Å². The van der Waals surface area contributed by atoms with E-state index in [2.05, 4.69) is 0 Å². The van der Waals surface area contributed by atoms with Crippen molar-refractivity contribution in [2.24, 2.45) is 11.3 Å². The van der Waals surface area contributed by atoms with Crippen LogP contribution in [-0.2, 0) is 4.79 Å². The van der Waals surface area contributed by atoms with Crippen molar-refractivity contribution in [3.63, 3.8) is 0 Å². The van der Waals surface area contributed by atoms with Gasteiger partial charge in [0.15, 0.2) is 0 Å². The number of carbonyl (C=O) groups is 1. The molecule has 1 N–H and O–H groups in total. The van der Waals surface area contributed by atoms with Gasteiger partial charge in [0.2, 0.25) is 5.91 Å². The fourth-order valence-corrected chi connectivity index (χ4v) is 2.58. The van der Waals surface area contributed by atoms with Crippen LogP contribution in [0.15, 0.2) is 0 Å². The molecule has 0 aromatic carbocycles. The minimum Gasteiger partial charge on any atom is -0.395 e. The van der Waals surface area contributed by atoms with Crippen LogP contribution < -0.4 is 0 Å². The van der Waals surface area contributed by atoms with Gasteiger partial charge >= 0.3 is 0 Å². The molecule has 1 saturated carbocycles. The molecule has 0 saturated heterocycles. The van der Waals surface area contributed by atoms with Gasteiger partial charge in [-0.15, -0.1) is 0 Å². The molecule has 1 aliphatic carbocycles. The highest BCUT2D eigenvalue weighted by Crippen LogP contribution is 2.43. The van der Waals surface area contributed by atoms with Gasteiger partial charge in [-0.25, -0.2) is 8.78 Å². The number of hydrogen-bond donors (Lipinski definition) is 1. The first-order valence-corrected chi connectivity index (χ1v) is 6.06. The Bertz CT molecular complexity index is 269. The minimum absolute atomic E-state index is 0.00421. The van der Waals surface area contributed by atoms with E-state index in [9.17, 15) is 13.6 Å². The zero-order valence-electron chi connectivity index (χ0n) is 10.5. The summed E-state index contributed by atoms with van der Waals surface area (Å²) in [6.07, 6.45) is 0.127. The molecule has 0 aliphatic heterocycles. The van der Waals surface area contributed by atoms with Gasteiger partial charge < -0.3 is 10.0 Å². The number of aliphatic hydroxyl groups is 1. The maximum Gasteiger partial charge on any atom is 0.255 e. The van der Waals surface area contributed by atoms with Gasteiger partial charge in [-0.1, -0.05) is 20.3 Å². The standard InChI is InChI=1S/C12H21F2NO2/c1-12(2)5-3-4-9(12)11(17)15(6-7-16)8-10(13)14/h9-10,16H,3-8H2,1-2H3. The van der Waals surface area contributed by atoms with Crippen LogP contribution in [0.3, 0.4) is 0 Å². The smallest absolute Gasteiger partial charge is 0.255 e. The van der Waals surface area contributed by atoms with Crippen molar-refractivity contribution in [2.45, 2.75) is 39.5 Å². The fourth-order valence-electron chi connectivity index (χ4n) is 2.58. The van der Waals surface area contributed by atoms with Crippen molar-refractivity contribution < 1.29 is 18.7 Å². The van der Waals surface area contributed by atoms with Crippen LogP contribution in [0.1, 0.15) is 33.1 Å². The zero-order valence-corrected chi connectivity index (χ0v) is 10.5. The van der Waals surface area contributed by atoms with Gasteiger partial charge in [-0.2, -0.15) is 0 Å². The van der Waals surface area contributed by atoms with Gasteiger partial charge in [0, 0.05) is 12.5 Å². The van der Waals surface area contributed by atoms with Crippen molar-refractivity contribution >= 4 is 5.91 Å². The summed E-state index contributed by atoms with van der Waals surface area (Å²) in [5, 5.41) is 8.83. The number of nitrogens with zero attached hydrogens (tertiary/aromatic N) is 1. The third-order valence-corrected chi connectivity index (χ3v) is 3.60. The molecule has 0 aromatic heterocycles. The molecule has 1 rings (SSSR count). The van der Waals surface area contributed by atoms with Gasteiger partial charge in [0.25, 0.3) is 6.43 Å². The third kappa shape index (κ3) is 3.63. The Morgan fingerprint density at radius 1 is 1.53 bits per heavy atom. The molecule has 100 valence electrons. The number of halogens is 2. The summed E-state index contributed by atoms with van der Waals surface area (Å²) >= 11 is 0. The summed E-state index contributed by atoms with van der Waals surface area (Å²) in [6.45, 7) is 3.15. The Balaban J connectivity index is 2.70. The zero-order chi connectivity index (χ0) is 13.1. The Hall–Kier alpha value is -0.710. The molecule has 17 heavy (non-hydrogen) atoms. The predicted molar refractivity (Wildman–Crippen MR) is 60.8 cm³/mol. The Morgan fingerprint density at radius 3 is 2.59 bits per heavy atom. The van der Waals surface area contributed by atoms with Crippen LogP contribution >= 0.6 is 0 Å². The first kappa shape index (κ1) is 14.4. The molecule has 1 fully saturated rings. The second kappa shape index (κ2) is 5.76. The Labute approximate surface area is 101 Å². The first-order valence-electron chi connectivity index (χ1n) is 6.06. The lowest BCUT2D eigenvalue weighted by atomic mass is 9.81. The first-order chi connectivity index (χ1) is 7.88. The summed E-state index contributed by atoms with van der Waals surface area (Å²) in [7, 11) is 0. The summed E-state index contributed by atoms with van der Waals surface area (Å²) in [6, 6.07) is 0. The van der Waals surface area contributed by atoms with Crippen LogP contribution in [0, 0.1) is 11.3 Å². The summed E-state index contributed by atoms with van der Waals surface area (Å²) in [4.78, 5) is 13.3. The number of rotatable bonds is 5. The highest BCUT2D eigenvalue weighted by Gasteiger charge is 2.41. The topological polar surface area (TPSA) is 40.5 Å². The van der Waals surface area contributed by atoms with Crippen molar-refractivity contribution in [1.29, 1.82) is 0 Å². The van der Waals surface area contributed by atoms with Crippen LogP contribution in [-0.4, -0.2) is 42.0 Å². The number of aliphatic hydroxyl groups excluding tert-OH is 1. The molecule has 0 spiro atoms. The summed E-state index contributed by atoms with van der Waals surface area (Å²) in [5.41, 5.74) is -0.118. The maximum absolute atomic E-state index is 12.4. The highest BCUT2D eigenvalue weighted by molar-refractivity contribution is 5.80. The molecule has 0 bridgehead atoms. The van der Waals surface area contributed by atoms with E-state index >= 15 is 0 Å². The van der Waals surface area contributed by atoms with Crippen LogP contribution in [0.2, 0.25) is 0 Å². The van der Waals surface area contributed by atoms with Crippen LogP contribution in [0.5, 0.6) is 0 Å². The Morgan fingerprint density at radius 2 is 2.18 bits per heavy atom. The van der Waals surface area contributed by atoms with E-state index in [0.717, 1.165) is 24.2 Å². The molecule has 3 nitrogen and oxygen atoms in total. The summed E-state index contributed by atoms with van der Waals surface area (Å²) in [5.74, 6) is -0.422. The van der Waals surface area contributed by atoms with Gasteiger partial charge in [-0.05, 0) is 18.3 Å². The average Bonchev–Trinajstić information content (AvgIpc) is 2.56. The lowest BCUT2D eigenvalue weighted by Gasteiger charge is -2.31. The van der Waals surface area contributed by atoms with E-state index in [-0.39, 0.29) is 30.4 Å². The Kier molecular flexibility index (Phi) is 4.86. The van der Waals surface area contributed by atoms with E-state index in [0.29, 0.717) is 0 Å². The highest BCUT2D eigenvalue weighted by atomic mass is 19.3. The maximum atomic E-state index is 12.4. The number of amides is 1. The monoisotopic (exact) mass is 249 g/mol. The van der Waals surface area contributed by atoms with E-state index < -0.39 is 13.0 Å². The minimum atomic E-state index is -2.55. The molecule has 5 heteroatoms. The normalized spacial score (nSPS) is 23.1. The van der Waals surface area contributed by atoms with Gasteiger partial charge in [-0.3, -0.25) is 4.79 Å². The molecule has 0 radical (unpaired) electrons. The fraction of sp³-hybridized carbons (Fsp3) is 0.917. The number of alkyl halides is 2. The second-order valence-corrected chi connectivity index (χ2v) is 5.33. The predicted octanol–water partition coefficient (Wildman–Crippen LogP) is 1.90. The molecule has 1 unspecified atom stereocenters. The molecule has 1 atom stereocenters. The van der Waals surface area contributed by atoms with E-state index in [1.54, 1.807) is 0 Å². The molecule has 0 heterocycles. The second-order valence-electron chi connectivity index (χ2n) is 5.33. The summed E-state index contributed by atoms with van der Waals surface area (Å²) < 4.78 is 24.7. The van der Waals surface area contributed by atoms with Crippen LogP contribution in [0.4, 0.5) is 8.78 Å².